The summed E-state index contributed by atoms with van der Waals surface area (Å²) >= 11 is 0. The van der Waals surface area contributed by atoms with Crippen LogP contribution in [0.1, 0.15) is 41.5 Å². The molecule has 0 aliphatic carbocycles. The van der Waals surface area contributed by atoms with E-state index < -0.39 is 22.8 Å². The van der Waals surface area contributed by atoms with Crippen LogP contribution in [0.4, 0.5) is 0 Å². The first-order valence-electron chi connectivity index (χ1n) is 4.32. The number of aliphatic carboxylic acids is 2. The number of rotatable bonds is 0. The van der Waals surface area contributed by atoms with Gasteiger partial charge in [-0.05, 0) is 0 Å². The maximum Gasteiger partial charge on any atom is 2.00 e. The second-order valence-electron chi connectivity index (χ2n) is 5.07. The molecule has 84 valence electrons. The second-order valence-corrected chi connectivity index (χ2v) is 5.07. The zero-order valence-electron chi connectivity index (χ0n) is 10.3. The van der Waals surface area contributed by atoms with Crippen molar-refractivity contribution in [3.63, 3.8) is 0 Å². The van der Waals surface area contributed by atoms with Crippen molar-refractivity contribution in [1.29, 1.82) is 0 Å². The summed E-state index contributed by atoms with van der Waals surface area (Å²) in [6, 6.07) is 0. The number of carboxylic acids is 2. The zero-order valence-corrected chi connectivity index (χ0v) is 12.5. The summed E-state index contributed by atoms with van der Waals surface area (Å²) in [7, 11) is 0. The summed E-state index contributed by atoms with van der Waals surface area (Å²) in [5.41, 5.74) is -1.39. The van der Waals surface area contributed by atoms with Gasteiger partial charge in [0.05, 0.1) is 0 Å². The van der Waals surface area contributed by atoms with Gasteiger partial charge in [-0.25, -0.2) is 0 Å². The fourth-order valence-corrected chi connectivity index (χ4v) is 0. The summed E-state index contributed by atoms with van der Waals surface area (Å²) in [5.74, 6) is -2.01. The molecular weight excluding hydrogens is 224 g/mol. The zero-order chi connectivity index (χ0) is 12.2. The largest absolute Gasteiger partial charge is 2.00 e. The molecule has 0 rings (SSSR count). The summed E-state index contributed by atoms with van der Waals surface area (Å²) in [6.07, 6.45) is 0. The summed E-state index contributed by atoms with van der Waals surface area (Å²) in [6.45, 7) is 9.60. The Morgan fingerprint density at radius 1 is 0.733 bits per heavy atom. The van der Waals surface area contributed by atoms with Crippen molar-refractivity contribution in [3.8, 4) is 0 Å². The molecule has 0 saturated carbocycles. The molecule has 0 atom stereocenters. The number of hydrogen-bond acceptors (Lipinski definition) is 4. The first-order chi connectivity index (χ1) is 5.89. The molecule has 0 fully saturated rings. The van der Waals surface area contributed by atoms with Crippen molar-refractivity contribution in [2.75, 3.05) is 0 Å². The third-order valence-corrected chi connectivity index (χ3v) is 1.22. The Hall–Kier alpha value is 0.200. The van der Waals surface area contributed by atoms with Crippen LogP contribution in [0.3, 0.4) is 0 Å². The van der Waals surface area contributed by atoms with Crippen LogP contribution < -0.4 is 10.2 Å². The molecule has 0 N–H and O–H groups in total. The number of carbonyl (C=O) groups is 2. The predicted molar refractivity (Wildman–Crippen MR) is 54.7 cm³/mol. The quantitative estimate of drug-likeness (QED) is 0.520. The minimum Gasteiger partial charge on any atom is -0.550 e. The normalized spacial score (nSPS) is 10.5. The minimum absolute atomic E-state index is 0. The van der Waals surface area contributed by atoms with Gasteiger partial charge in [0.2, 0.25) is 0 Å². The van der Waals surface area contributed by atoms with Crippen molar-refractivity contribution in [3.05, 3.63) is 0 Å². The molecule has 5 heteroatoms. The van der Waals surface area contributed by atoms with Gasteiger partial charge < -0.3 is 19.8 Å². The maximum absolute atomic E-state index is 9.91. The van der Waals surface area contributed by atoms with E-state index in [9.17, 15) is 19.8 Å². The molecule has 0 radical (unpaired) electrons. The Balaban J connectivity index is -0.000000180. The molecule has 0 unspecified atom stereocenters. The van der Waals surface area contributed by atoms with Crippen LogP contribution in [-0.2, 0) is 9.59 Å². The molecular formula is C10H18CaO4. The van der Waals surface area contributed by atoms with Crippen molar-refractivity contribution in [2.24, 2.45) is 10.8 Å². The van der Waals surface area contributed by atoms with E-state index in [-0.39, 0.29) is 37.7 Å². The van der Waals surface area contributed by atoms with Crippen LogP contribution in [0.25, 0.3) is 0 Å². The van der Waals surface area contributed by atoms with Crippen molar-refractivity contribution >= 4 is 49.7 Å². The third-order valence-electron chi connectivity index (χ3n) is 1.22. The summed E-state index contributed by atoms with van der Waals surface area (Å²) in [4.78, 5) is 19.8. The van der Waals surface area contributed by atoms with E-state index in [1.165, 1.54) is 0 Å². The van der Waals surface area contributed by atoms with E-state index in [0.29, 0.717) is 0 Å². The standard InChI is InChI=1S/2C5H10O2.Ca/c2*1-5(2,3)4(6)7;/h2*1-3H3,(H,6,7);/q;;+2/p-2. The van der Waals surface area contributed by atoms with Crippen molar-refractivity contribution in [1.82, 2.24) is 0 Å². The van der Waals surface area contributed by atoms with Gasteiger partial charge in [0.1, 0.15) is 0 Å². The molecule has 0 bridgehead atoms. The topological polar surface area (TPSA) is 80.3 Å². The molecule has 15 heavy (non-hydrogen) atoms. The van der Waals surface area contributed by atoms with Gasteiger partial charge in [0.15, 0.2) is 0 Å². The predicted octanol–water partition coefficient (Wildman–Crippen LogP) is -0.816. The molecule has 0 saturated heterocycles. The van der Waals surface area contributed by atoms with Gasteiger partial charge in [-0.1, -0.05) is 41.5 Å². The van der Waals surface area contributed by atoms with E-state index in [1.807, 2.05) is 0 Å². The molecule has 0 heterocycles. The SMILES string of the molecule is CC(C)(C)C(=O)[O-].CC(C)(C)C(=O)[O-].[Ca+2]. The Morgan fingerprint density at radius 3 is 0.800 bits per heavy atom. The van der Waals surface area contributed by atoms with E-state index >= 15 is 0 Å². The van der Waals surface area contributed by atoms with Crippen LogP contribution in [-0.4, -0.2) is 49.7 Å². The van der Waals surface area contributed by atoms with E-state index in [4.69, 9.17) is 0 Å². The Labute approximate surface area is 121 Å². The van der Waals surface area contributed by atoms with Gasteiger partial charge in [0, 0.05) is 22.8 Å². The fourth-order valence-electron chi connectivity index (χ4n) is 0. The molecule has 0 aliphatic heterocycles. The number of carboxylic acid groups (broad SMARTS) is 2. The monoisotopic (exact) mass is 242 g/mol. The van der Waals surface area contributed by atoms with Gasteiger partial charge >= 0.3 is 37.7 Å². The smallest absolute Gasteiger partial charge is 0.550 e. The average molecular weight is 242 g/mol. The van der Waals surface area contributed by atoms with Crippen LogP contribution in [0.2, 0.25) is 0 Å². The molecule has 0 spiro atoms. The van der Waals surface area contributed by atoms with E-state index in [1.54, 1.807) is 41.5 Å². The van der Waals surface area contributed by atoms with Crippen LogP contribution in [0.5, 0.6) is 0 Å². The molecule has 4 nitrogen and oxygen atoms in total. The van der Waals surface area contributed by atoms with Crippen LogP contribution >= 0.6 is 0 Å². The maximum atomic E-state index is 9.91. The fraction of sp³-hybridized carbons (Fsp3) is 0.800. The van der Waals surface area contributed by atoms with Gasteiger partial charge in [-0.15, -0.1) is 0 Å². The van der Waals surface area contributed by atoms with Crippen LogP contribution in [0, 0.1) is 10.8 Å². The minimum atomic E-state index is -1.01. The molecule has 0 amide bonds. The average Bonchev–Trinajstić information content (AvgIpc) is 1.83. The number of carbonyl (C=O) groups excluding carboxylic acids is 2. The Morgan fingerprint density at radius 2 is 0.800 bits per heavy atom. The second kappa shape index (κ2) is 7.47. The molecule has 0 aromatic rings. The molecule has 0 aromatic heterocycles. The van der Waals surface area contributed by atoms with E-state index in [2.05, 4.69) is 0 Å². The van der Waals surface area contributed by atoms with Gasteiger partial charge in [-0.3, -0.25) is 0 Å². The van der Waals surface area contributed by atoms with Crippen molar-refractivity contribution < 1.29 is 19.8 Å². The third kappa shape index (κ3) is 14.2. The summed E-state index contributed by atoms with van der Waals surface area (Å²) < 4.78 is 0. The molecule has 0 aromatic carbocycles. The van der Waals surface area contributed by atoms with E-state index in [0.717, 1.165) is 0 Å². The van der Waals surface area contributed by atoms with Gasteiger partial charge in [-0.2, -0.15) is 0 Å². The first kappa shape index (κ1) is 20.6. The Kier molecular flexibility index (Phi) is 10.3. The van der Waals surface area contributed by atoms with Crippen LogP contribution in [0.15, 0.2) is 0 Å². The molecule has 0 aliphatic rings. The Bertz CT molecular complexity index is 186. The van der Waals surface area contributed by atoms with Gasteiger partial charge in [0.25, 0.3) is 0 Å². The summed E-state index contributed by atoms with van der Waals surface area (Å²) in [5, 5.41) is 19.8. The van der Waals surface area contributed by atoms with Crippen molar-refractivity contribution in [2.45, 2.75) is 41.5 Å². The number of hydrogen-bond donors (Lipinski definition) is 0. The first-order valence-corrected chi connectivity index (χ1v) is 4.32.